The Morgan fingerprint density at radius 2 is 1.90 bits per heavy atom. The Morgan fingerprint density at radius 3 is 2.58 bits per heavy atom. The minimum Gasteiger partial charge on any atom is -0.339 e. The number of hydrogen-bond acceptors (Lipinski definition) is 4. The molecule has 0 radical (unpaired) electrons. The highest BCUT2D eigenvalue weighted by Gasteiger charge is 2.19. The molecule has 0 bridgehead atoms. The van der Waals surface area contributed by atoms with Gasteiger partial charge in [0, 0.05) is 23.1 Å². The minimum atomic E-state index is -0.504. The summed E-state index contributed by atoms with van der Waals surface area (Å²) in [7, 11) is 0. The normalized spacial score (nSPS) is 11.0. The summed E-state index contributed by atoms with van der Waals surface area (Å²) in [5, 5.41) is 6.57. The molecule has 2 aromatic heterocycles. The number of nitrogens with one attached hydrogen (secondary N) is 2. The van der Waals surface area contributed by atoms with Crippen LogP contribution in [0.15, 0.2) is 54.7 Å². The second-order valence-electron chi connectivity index (χ2n) is 7.18. The Hall–Kier alpha value is -3.03. The number of hydrogen-bond donors (Lipinski definition) is 3. The smallest absolute Gasteiger partial charge is 0.234 e. The van der Waals surface area contributed by atoms with Gasteiger partial charge in [0.15, 0.2) is 0 Å². The number of aryl methyl sites for hydroxylation is 2. The van der Waals surface area contributed by atoms with Gasteiger partial charge in [-0.15, -0.1) is 0 Å². The average Bonchev–Trinajstić information content (AvgIpc) is 3.08. The molecule has 8 heteroatoms. The standard InChI is InChI=1S/C23H20ClFN4OS/c1-13-4-3-5-14(2)21(13)28-23-22(27-19-9-6-15(24)11-29(19)23)17-8-7-16(10-18(17)25)26-20(30)12-31/h3-11,28,31H,12H2,1-2H3,(H,26,30). The third-order valence-electron chi connectivity index (χ3n) is 4.96. The number of pyridine rings is 1. The molecule has 5 nitrogen and oxygen atoms in total. The summed E-state index contributed by atoms with van der Waals surface area (Å²) >= 11 is 10.2. The molecule has 2 aromatic carbocycles. The first kappa shape index (κ1) is 21.2. The fourth-order valence-corrected chi connectivity index (χ4v) is 3.68. The lowest BCUT2D eigenvalue weighted by molar-refractivity contribution is -0.113. The van der Waals surface area contributed by atoms with Crippen molar-refractivity contribution in [2.75, 3.05) is 16.4 Å². The Balaban J connectivity index is 1.87. The third-order valence-corrected chi connectivity index (χ3v) is 5.47. The summed E-state index contributed by atoms with van der Waals surface area (Å²) < 4.78 is 16.9. The first-order valence-electron chi connectivity index (χ1n) is 9.59. The number of thiol groups is 1. The van der Waals surface area contributed by atoms with E-state index in [9.17, 15) is 4.79 Å². The lowest BCUT2D eigenvalue weighted by atomic mass is 10.1. The molecular weight excluding hydrogens is 435 g/mol. The second-order valence-corrected chi connectivity index (χ2v) is 7.93. The highest BCUT2D eigenvalue weighted by atomic mass is 35.5. The van der Waals surface area contributed by atoms with Gasteiger partial charge in [-0.3, -0.25) is 9.20 Å². The number of para-hydroxylation sites is 1. The summed E-state index contributed by atoms with van der Waals surface area (Å²) in [5.41, 5.74) is 4.74. The Morgan fingerprint density at radius 1 is 1.16 bits per heavy atom. The van der Waals surface area contributed by atoms with E-state index in [1.165, 1.54) is 6.07 Å². The molecule has 4 aromatic rings. The van der Waals surface area contributed by atoms with Crippen LogP contribution in [0, 0.1) is 19.7 Å². The van der Waals surface area contributed by atoms with Crippen molar-refractivity contribution in [1.29, 1.82) is 0 Å². The van der Waals surface area contributed by atoms with E-state index in [2.05, 4.69) is 28.2 Å². The molecule has 0 fully saturated rings. The van der Waals surface area contributed by atoms with Gasteiger partial charge in [-0.05, 0) is 55.3 Å². The molecule has 2 heterocycles. The van der Waals surface area contributed by atoms with E-state index in [1.807, 2.05) is 32.0 Å². The molecule has 1 amide bonds. The number of imidazole rings is 1. The number of carbonyl (C=O) groups is 1. The summed E-state index contributed by atoms with van der Waals surface area (Å²) in [6.45, 7) is 4.01. The lowest BCUT2D eigenvalue weighted by Gasteiger charge is -2.14. The fraction of sp³-hybridized carbons (Fsp3) is 0.130. The molecule has 0 unspecified atom stereocenters. The van der Waals surface area contributed by atoms with Crippen molar-refractivity contribution in [3.8, 4) is 11.3 Å². The van der Waals surface area contributed by atoms with Crippen LogP contribution >= 0.6 is 24.2 Å². The zero-order valence-corrected chi connectivity index (χ0v) is 18.6. The number of halogens is 2. The maximum atomic E-state index is 15.1. The molecule has 0 aliphatic heterocycles. The number of anilines is 3. The van der Waals surface area contributed by atoms with Crippen LogP contribution < -0.4 is 10.6 Å². The predicted octanol–water partition coefficient (Wildman–Crippen LogP) is 6.02. The van der Waals surface area contributed by atoms with E-state index in [4.69, 9.17) is 11.6 Å². The maximum Gasteiger partial charge on any atom is 0.234 e. The number of amides is 1. The number of aromatic nitrogens is 2. The molecule has 0 saturated carbocycles. The van der Waals surface area contributed by atoms with Gasteiger partial charge in [-0.2, -0.15) is 12.6 Å². The van der Waals surface area contributed by atoms with Gasteiger partial charge < -0.3 is 10.6 Å². The van der Waals surface area contributed by atoms with Crippen LogP contribution in [-0.2, 0) is 4.79 Å². The van der Waals surface area contributed by atoms with Crippen LogP contribution in [0.25, 0.3) is 16.9 Å². The molecule has 0 saturated heterocycles. The number of benzene rings is 2. The molecular formula is C23H20ClFN4OS. The van der Waals surface area contributed by atoms with Crippen molar-refractivity contribution in [2.45, 2.75) is 13.8 Å². The van der Waals surface area contributed by atoms with Gasteiger partial charge in [-0.25, -0.2) is 9.37 Å². The van der Waals surface area contributed by atoms with Crippen molar-refractivity contribution >= 4 is 53.0 Å². The number of fused-ring (bicyclic) bond motifs is 1. The van der Waals surface area contributed by atoms with Gasteiger partial charge in [-0.1, -0.05) is 29.8 Å². The average molecular weight is 455 g/mol. The quantitative estimate of drug-likeness (QED) is 0.323. The summed E-state index contributed by atoms with van der Waals surface area (Å²) in [6, 6.07) is 14.0. The maximum absolute atomic E-state index is 15.1. The van der Waals surface area contributed by atoms with Crippen LogP contribution in [0.1, 0.15) is 11.1 Å². The van der Waals surface area contributed by atoms with Crippen LogP contribution in [0.4, 0.5) is 21.6 Å². The van der Waals surface area contributed by atoms with E-state index >= 15 is 4.39 Å². The highest BCUT2D eigenvalue weighted by molar-refractivity contribution is 7.81. The molecule has 0 aliphatic carbocycles. The monoisotopic (exact) mass is 454 g/mol. The Labute approximate surface area is 189 Å². The molecule has 31 heavy (non-hydrogen) atoms. The van der Waals surface area contributed by atoms with E-state index < -0.39 is 5.82 Å². The van der Waals surface area contributed by atoms with E-state index in [0.29, 0.717) is 33.4 Å². The summed E-state index contributed by atoms with van der Waals surface area (Å²) in [5.74, 6) is -0.201. The summed E-state index contributed by atoms with van der Waals surface area (Å²) in [6.07, 6.45) is 1.74. The van der Waals surface area contributed by atoms with Crippen molar-refractivity contribution in [3.63, 3.8) is 0 Å². The van der Waals surface area contributed by atoms with Gasteiger partial charge >= 0.3 is 0 Å². The molecule has 158 valence electrons. The fourth-order valence-electron chi connectivity index (χ4n) is 3.44. The van der Waals surface area contributed by atoms with Gasteiger partial charge in [0.05, 0.1) is 10.8 Å². The largest absolute Gasteiger partial charge is 0.339 e. The van der Waals surface area contributed by atoms with E-state index in [0.717, 1.165) is 16.8 Å². The van der Waals surface area contributed by atoms with Crippen molar-refractivity contribution in [3.05, 3.63) is 76.7 Å². The SMILES string of the molecule is Cc1cccc(C)c1Nc1c(-c2ccc(NC(=O)CS)cc2F)nc2ccc(Cl)cn12. The second kappa shape index (κ2) is 8.61. The van der Waals surface area contributed by atoms with Gasteiger partial charge in [0.1, 0.15) is 23.0 Å². The predicted molar refractivity (Wildman–Crippen MR) is 127 cm³/mol. The van der Waals surface area contributed by atoms with Crippen molar-refractivity contribution < 1.29 is 9.18 Å². The minimum absolute atomic E-state index is 0.0143. The third kappa shape index (κ3) is 4.24. The zero-order valence-electron chi connectivity index (χ0n) is 16.9. The van der Waals surface area contributed by atoms with E-state index in [-0.39, 0.29) is 11.7 Å². The molecule has 0 spiro atoms. The number of nitrogens with zero attached hydrogens (tertiary/aromatic N) is 2. The Bertz CT molecular complexity index is 1280. The lowest BCUT2D eigenvalue weighted by Crippen LogP contribution is -2.12. The van der Waals surface area contributed by atoms with Crippen LogP contribution in [0.5, 0.6) is 0 Å². The molecule has 0 aliphatic rings. The van der Waals surface area contributed by atoms with Crippen LogP contribution in [0.2, 0.25) is 5.02 Å². The van der Waals surface area contributed by atoms with Gasteiger partial charge in [0.2, 0.25) is 5.91 Å². The molecule has 0 atom stereocenters. The van der Waals surface area contributed by atoms with Gasteiger partial charge in [0.25, 0.3) is 0 Å². The highest BCUT2D eigenvalue weighted by Crippen LogP contribution is 2.35. The topological polar surface area (TPSA) is 58.4 Å². The first-order chi connectivity index (χ1) is 14.9. The van der Waals surface area contributed by atoms with Crippen LogP contribution in [0.3, 0.4) is 0 Å². The molecule has 2 N–H and O–H groups in total. The summed E-state index contributed by atoms with van der Waals surface area (Å²) in [4.78, 5) is 16.2. The number of rotatable bonds is 5. The van der Waals surface area contributed by atoms with Crippen LogP contribution in [-0.4, -0.2) is 21.0 Å². The number of carbonyl (C=O) groups excluding carboxylic acids is 1. The van der Waals surface area contributed by atoms with Crippen molar-refractivity contribution in [2.24, 2.45) is 0 Å². The van der Waals surface area contributed by atoms with Crippen molar-refractivity contribution in [1.82, 2.24) is 9.38 Å². The Kier molecular flexibility index (Phi) is 5.89. The zero-order chi connectivity index (χ0) is 22.1. The molecule has 4 rings (SSSR count). The van der Waals surface area contributed by atoms with E-state index in [1.54, 1.807) is 34.9 Å². The first-order valence-corrected chi connectivity index (χ1v) is 10.6.